The Morgan fingerprint density at radius 1 is 1.11 bits per heavy atom. The zero-order chi connectivity index (χ0) is 13.0. The SMILES string of the molecule is CCCNC1CC(C)CC(C)C1SC1CCCC1. The van der Waals surface area contributed by atoms with Crippen LogP contribution in [0.15, 0.2) is 0 Å². The highest BCUT2D eigenvalue weighted by Crippen LogP contribution is 2.42. The molecule has 0 radical (unpaired) electrons. The van der Waals surface area contributed by atoms with Crippen molar-refractivity contribution in [3.8, 4) is 0 Å². The van der Waals surface area contributed by atoms with Crippen LogP contribution in [0.2, 0.25) is 0 Å². The third-order valence-electron chi connectivity index (χ3n) is 4.70. The van der Waals surface area contributed by atoms with Gasteiger partial charge in [-0.2, -0.15) is 11.8 Å². The zero-order valence-corrected chi connectivity index (χ0v) is 13.3. The minimum absolute atomic E-state index is 0.772. The van der Waals surface area contributed by atoms with E-state index in [4.69, 9.17) is 0 Å². The van der Waals surface area contributed by atoms with E-state index >= 15 is 0 Å². The van der Waals surface area contributed by atoms with Gasteiger partial charge in [-0.1, -0.05) is 33.6 Å². The lowest BCUT2D eigenvalue weighted by Gasteiger charge is -2.41. The quantitative estimate of drug-likeness (QED) is 0.790. The number of nitrogens with one attached hydrogen (secondary N) is 1. The summed E-state index contributed by atoms with van der Waals surface area (Å²) in [6.07, 6.45) is 10.0. The van der Waals surface area contributed by atoms with Crippen molar-refractivity contribution >= 4 is 11.8 Å². The summed E-state index contributed by atoms with van der Waals surface area (Å²) in [5.41, 5.74) is 0. The maximum atomic E-state index is 3.84. The van der Waals surface area contributed by atoms with Crippen LogP contribution in [0.1, 0.15) is 65.7 Å². The van der Waals surface area contributed by atoms with Gasteiger partial charge in [0.15, 0.2) is 0 Å². The lowest BCUT2D eigenvalue weighted by molar-refractivity contribution is 0.249. The van der Waals surface area contributed by atoms with Gasteiger partial charge in [-0.25, -0.2) is 0 Å². The molecule has 2 saturated carbocycles. The van der Waals surface area contributed by atoms with Gasteiger partial charge < -0.3 is 5.32 Å². The first-order valence-corrected chi connectivity index (χ1v) is 9.03. The second-order valence-electron chi connectivity index (χ2n) is 6.62. The highest BCUT2D eigenvalue weighted by Gasteiger charge is 2.35. The fourth-order valence-electron chi connectivity index (χ4n) is 3.83. The third-order valence-corrected chi connectivity index (χ3v) is 6.66. The fourth-order valence-corrected chi connectivity index (χ4v) is 5.66. The molecular weight excluding hydrogens is 238 g/mol. The van der Waals surface area contributed by atoms with Crippen LogP contribution in [-0.4, -0.2) is 23.1 Å². The van der Waals surface area contributed by atoms with Gasteiger partial charge in [0.25, 0.3) is 0 Å². The van der Waals surface area contributed by atoms with Gasteiger partial charge in [-0.15, -0.1) is 0 Å². The first kappa shape index (κ1) is 14.7. The van der Waals surface area contributed by atoms with Gasteiger partial charge in [-0.05, 0) is 50.5 Å². The summed E-state index contributed by atoms with van der Waals surface area (Å²) < 4.78 is 0. The van der Waals surface area contributed by atoms with E-state index in [9.17, 15) is 0 Å². The standard InChI is InChI=1S/C16H31NS/c1-4-9-17-15-11-12(2)10-13(3)16(15)18-14-7-5-6-8-14/h12-17H,4-11H2,1-3H3. The Kier molecular flexibility index (Phi) is 5.88. The van der Waals surface area contributed by atoms with Crippen LogP contribution in [0.25, 0.3) is 0 Å². The normalized spacial score (nSPS) is 38.2. The molecule has 0 spiro atoms. The second kappa shape index (κ2) is 7.19. The van der Waals surface area contributed by atoms with Gasteiger partial charge in [-0.3, -0.25) is 0 Å². The molecule has 2 heteroatoms. The number of thioether (sulfide) groups is 1. The van der Waals surface area contributed by atoms with E-state index < -0.39 is 0 Å². The minimum atomic E-state index is 0.772. The Labute approximate surface area is 118 Å². The molecule has 0 bridgehead atoms. The Bertz CT molecular complexity index is 237. The molecule has 0 heterocycles. The second-order valence-corrected chi connectivity index (χ2v) is 8.10. The van der Waals surface area contributed by atoms with Crippen molar-refractivity contribution in [2.45, 2.75) is 82.3 Å². The molecule has 4 unspecified atom stereocenters. The topological polar surface area (TPSA) is 12.0 Å². The molecule has 2 fully saturated rings. The smallest absolute Gasteiger partial charge is 0.0229 e. The summed E-state index contributed by atoms with van der Waals surface area (Å²) in [5.74, 6) is 1.81. The van der Waals surface area contributed by atoms with Crippen molar-refractivity contribution in [3.05, 3.63) is 0 Å². The van der Waals surface area contributed by atoms with Crippen molar-refractivity contribution in [2.24, 2.45) is 11.8 Å². The van der Waals surface area contributed by atoms with Crippen molar-refractivity contribution in [2.75, 3.05) is 6.54 Å². The molecule has 2 aliphatic rings. The van der Waals surface area contributed by atoms with Crippen LogP contribution in [0, 0.1) is 11.8 Å². The Hall–Kier alpha value is 0.310. The monoisotopic (exact) mass is 269 g/mol. The van der Waals surface area contributed by atoms with Gasteiger partial charge in [0, 0.05) is 16.5 Å². The Balaban J connectivity index is 1.92. The van der Waals surface area contributed by atoms with E-state index in [1.165, 1.54) is 51.5 Å². The van der Waals surface area contributed by atoms with Crippen LogP contribution in [0.4, 0.5) is 0 Å². The lowest BCUT2D eigenvalue weighted by Crippen LogP contribution is -2.47. The van der Waals surface area contributed by atoms with Crippen molar-refractivity contribution in [1.29, 1.82) is 0 Å². The fraction of sp³-hybridized carbons (Fsp3) is 1.00. The maximum absolute atomic E-state index is 3.84. The molecule has 0 aliphatic heterocycles. The Morgan fingerprint density at radius 3 is 2.50 bits per heavy atom. The number of hydrogen-bond acceptors (Lipinski definition) is 2. The summed E-state index contributed by atoms with van der Waals surface area (Å²) in [5, 5.41) is 5.68. The molecule has 18 heavy (non-hydrogen) atoms. The molecule has 2 rings (SSSR count). The van der Waals surface area contributed by atoms with Crippen LogP contribution < -0.4 is 5.32 Å². The molecule has 1 nitrogen and oxygen atoms in total. The predicted molar refractivity (Wildman–Crippen MR) is 83.3 cm³/mol. The minimum Gasteiger partial charge on any atom is -0.313 e. The predicted octanol–water partition coefficient (Wildman–Crippen LogP) is 4.47. The largest absolute Gasteiger partial charge is 0.313 e. The van der Waals surface area contributed by atoms with E-state index in [-0.39, 0.29) is 0 Å². The molecule has 0 amide bonds. The van der Waals surface area contributed by atoms with Crippen molar-refractivity contribution < 1.29 is 0 Å². The highest BCUT2D eigenvalue weighted by atomic mass is 32.2. The third kappa shape index (κ3) is 3.90. The average Bonchev–Trinajstić information content (AvgIpc) is 2.83. The summed E-state index contributed by atoms with van der Waals surface area (Å²) >= 11 is 2.33. The van der Waals surface area contributed by atoms with E-state index in [1.807, 2.05) is 0 Å². The van der Waals surface area contributed by atoms with E-state index in [2.05, 4.69) is 37.8 Å². The average molecular weight is 269 g/mol. The molecule has 106 valence electrons. The van der Waals surface area contributed by atoms with Crippen LogP contribution >= 0.6 is 11.8 Å². The van der Waals surface area contributed by atoms with E-state index in [0.29, 0.717) is 0 Å². The van der Waals surface area contributed by atoms with Gasteiger partial charge in [0.1, 0.15) is 0 Å². The first-order chi connectivity index (χ1) is 8.70. The van der Waals surface area contributed by atoms with Crippen molar-refractivity contribution in [3.63, 3.8) is 0 Å². The molecule has 2 aliphatic carbocycles. The number of rotatable bonds is 5. The molecule has 0 saturated heterocycles. The van der Waals surface area contributed by atoms with Crippen molar-refractivity contribution in [1.82, 2.24) is 5.32 Å². The molecule has 0 aromatic rings. The lowest BCUT2D eigenvalue weighted by atomic mass is 9.80. The van der Waals surface area contributed by atoms with E-state index in [1.54, 1.807) is 0 Å². The summed E-state index contributed by atoms with van der Waals surface area (Å²) in [6, 6.07) is 0.772. The molecule has 0 aromatic carbocycles. The Morgan fingerprint density at radius 2 is 1.83 bits per heavy atom. The molecule has 1 N–H and O–H groups in total. The maximum Gasteiger partial charge on any atom is 0.0229 e. The molecule has 4 atom stereocenters. The highest BCUT2D eigenvalue weighted by molar-refractivity contribution is 8.00. The summed E-state index contributed by atoms with van der Waals surface area (Å²) in [4.78, 5) is 0. The van der Waals surface area contributed by atoms with Gasteiger partial charge in [0.2, 0.25) is 0 Å². The van der Waals surface area contributed by atoms with Crippen LogP contribution in [-0.2, 0) is 0 Å². The molecule has 0 aromatic heterocycles. The van der Waals surface area contributed by atoms with E-state index in [0.717, 1.165) is 28.4 Å². The van der Waals surface area contributed by atoms with Crippen LogP contribution in [0.3, 0.4) is 0 Å². The number of hydrogen-bond donors (Lipinski definition) is 1. The van der Waals surface area contributed by atoms with Crippen LogP contribution in [0.5, 0.6) is 0 Å². The summed E-state index contributed by atoms with van der Waals surface area (Å²) in [7, 11) is 0. The van der Waals surface area contributed by atoms with Gasteiger partial charge in [0.05, 0.1) is 0 Å². The first-order valence-electron chi connectivity index (χ1n) is 8.09. The summed E-state index contributed by atoms with van der Waals surface area (Å²) in [6.45, 7) is 8.41. The zero-order valence-electron chi connectivity index (χ0n) is 12.5. The van der Waals surface area contributed by atoms with Gasteiger partial charge >= 0.3 is 0 Å². The molecular formula is C16H31NS.